The minimum atomic E-state index is -0.877. The number of benzene rings is 2. The number of carbonyl (C=O) groups is 1. The maximum Gasteiger partial charge on any atom is 0.226 e. The van der Waals surface area contributed by atoms with E-state index >= 15 is 0 Å². The first kappa shape index (κ1) is 20.3. The van der Waals surface area contributed by atoms with E-state index in [0.717, 1.165) is 37.6 Å². The molecule has 1 aliphatic heterocycles. The van der Waals surface area contributed by atoms with Crippen LogP contribution in [0.1, 0.15) is 35.2 Å². The van der Waals surface area contributed by atoms with Crippen LogP contribution in [0.3, 0.4) is 0 Å². The number of hydrogen-bond acceptors (Lipinski definition) is 2. The maximum atomic E-state index is 13.9. The fraction of sp³-hybridized carbons (Fsp3) is 0.333. The number of rotatable bonds is 7. The van der Waals surface area contributed by atoms with Gasteiger partial charge in [-0.2, -0.15) is 0 Å². The lowest BCUT2D eigenvalue weighted by Crippen LogP contribution is -2.27. The van der Waals surface area contributed by atoms with Gasteiger partial charge in [-0.25, -0.2) is 13.8 Å². The minimum Gasteiger partial charge on any atom is -0.338 e. The molecule has 1 aliphatic rings. The molecule has 0 spiro atoms. The van der Waals surface area contributed by atoms with E-state index in [-0.39, 0.29) is 23.9 Å². The van der Waals surface area contributed by atoms with Crippen LogP contribution in [-0.2, 0) is 24.3 Å². The zero-order chi connectivity index (χ0) is 21.1. The number of likely N-dealkylation sites (tertiary alicyclic amines) is 1. The quantitative estimate of drug-likeness (QED) is 0.576. The van der Waals surface area contributed by atoms with Gasteiger partial charge in [0.1, 0.15) is 0 Å². The van der Waals surface area contributed by atoms with Crippen molar-refractivity contribution in [1.29, 1.82) is 0 Å². The second-order valence-corrected chi connectivity index (χ2v) is 8.00. The summed E-state index contributed by atoms with van der Waals surface area (Å²) in [4.78, 5) is 18.7. The van der Waals surface area contributed by atoms with Crippen LogP contribution in [0.15, 0.2) is 55.0 Å². The Labute approximate surface area is 175 Å². The van der Waals surface area contributed by atoms with Crippen LogP contribution in [0.2, 0.25) is 0 Å². The number of carbonyl (C=O) groups excluding carboxylic acids is 1. The number of aromatic nitrogens is 2. The Kier molecular flexibility index (Phi) is 5.93. The molecule has 0 radical (unpaired) electrons. The third-order valence-electron chi connectivity index (χ3n) is 5.82. The summed E-state index contributed by atoms with van der Waals surface area (Å²) in [5.41, 5.74) is 3.75. The van der Waals surface area contributed by atoms with Crippen LogP contribution < -0.4 is 0 Å². The van der Waals surface area contributed by atoms with Crippen LogP contribution in [0.5, 0.6) is 0 Å². The molecule has 1 aromatic heterocycles. The van der Waals surface area contributed by atoms with E-state index < -0.39 is 11.6 Å². The van der Waals surface area contributed by atoms with Gasteiger partial charge in [-0.15, -0.1) is 0 Å². The number of aryl methyl sites for hydroxylation is 2. The normalized spacial score (nSPS) is 16.4. The fourth-order valence-corrected chi connectivity index (χ4v) is 4.02. The minimum absolute atomic E-state index is 0.0169. The fourth-order valence-electron chi connectivity index (χ4n) is 4.02. The Balaban J connectivity index is 1.35. The third kappa shape index (κ3) is 4.42. The number of nitrogens with zero attached hydrogens (tertiary/aromatic N) is 3. The Morgan fingerprint density at radius 1 is 1.10 bits per heavy atom. The van der Waals surface area contributed by atoms with Crippen molar-refractivity contribution in [2.45, 2.75) is 39.3 Å². The summed E-state index contributed by atoms with van der Waals surface area (Å²) >= 11 is 0. The molecule has 4 rings (SSSR count). The molecule has 30 heavy (non-hydrogen) atoms. The zero-order valence-electron chi connectivity index (χ0n) is 17.0. The third-order valence-corrected chi connectivity index (χ3v) is 5.82. The molecule has 4 nitrogen and oxygen atoms in total. The highest BCUT2D eigenvalue weighted by Gasteiger charge is 2.32. The van der Waals surface area contributed by atoms with Gasteiger partial charge in [-0.3, -0.25) is 4.79 Å². The van der Waals surface area contributed by atoms with E-state index in [1.54, 1.807) is 4.90 Å². The molecule has 2 aromatic carbocycles. The first-order valence-corrected chi connectivity index (χ1v) is 10.3. The molecular weight excluding hydrogens is 384 g/mol. The Morgan fingerprint density at radius 3 is 2.70 bits per heavy atom. The van der Waals surface area contributed by atoms with E-state index in [4.69, 9.17) is 0 Å². The van der Waals surface area contributed by atoms with E-state index in [9.17, 15) is 13.6 Å². The molecule has 0 bridgehead atoms. The lowest BCUT2D eigenvalue weighted by atomic mass is 10.0. The number of amides is 1. The Bertz CT molecular complexity index is 1030. The molecule has 2 heterocycles. The molecule has 0 unspecified atom stereocenters. The summed E-state index contributed by atoms with van der Waals surface area (Å²) in [7, 11) is 0. The predicted molar refractivity (Wildman–Crippen MR) is 111 cm³/mol. The highest BCUT2D eigenvalue weighted by molar-refractivity contribution is 5.80. The Hall–Kier alpha value is -3.02. The van der Waals surface area contributed by atoms with Crippen molar-refractivity contribution in [3.63, 3.8) is 0 Å². The zero-order valence-corrected chi connectivity index (χ0v) is 17.0. The standard InChI is InChI=1S/C24H25F2N3O/c1-17-5-7-18(8-6-17)14-29-16-27-13-21(29)10-9-19-11-12-28(24(19)30)15-20-3-2-4-22(25)23(20)26/h2-8,13,16,19H,9-12,14-15H2,1H3/t19-/m1/s1. The van der Waals surface area contributed by atoms with Crippen molar-refractivity contribution in [1.82, 2.24) is 14.5 Å². The second-order valence-electron chi connectivity index (χ2n) is 8.00. The summed E-state index contributed by atoms with van der Waals surface area (Å²) < 4.78 is 29.5. The molecule has 0 N–H and O–H groups in total. The van der Waals surface area contributed by atoms with E-state index in [1.807, 2.05) is 12.5 Å². The van der Waals surface area contributed by atoms with Crippen LogP contribution >= 0.6 is 0 Å². The summed E-state index contributed by atoms with van der Waals surface area (Å²) in [6.45, 7) is 3.50. The molecule has 6 heteroatoms. The molecule has 0 saturated carbocycles. The molecule has 156 valence electrons. The Morgan fingerprint density at radius 2 is 1.90 bits per heavy atom. The number of hydrogen-bond donors (Lipinski definition) is 0. The summed E-state index contributed by atoms with van der Waals surface area (Å²) in [5, 5.41) is 0. The van der Waals surface area contributed by atoms with Gasteiger partial charge in [0.15, 0.2) is 11.6 Å². The van der Waals surface area contributed by atoms with Gasteiger partial charge in [0.2, 0.25) is 5.91 Å². The number of halogens is 2. The average Bonchev–Trinajstić information content (AvgIpc) is 3.32. The van der Waals surface area contributed by atoms with Crippen LogP contribution in [0, 0.1) is 24.5 Å². The number of imidazole rings is 1. The van der Waals surface area contributed by atoms with Gasteiger partial charge in [0.05, 0.1) is 6.33 Å². The molecule has 3 aromatic rings. The predicted octanol–water partition coefficient (Wildman–Crippen LogP) is 4.50. The van der Waals surface area contributed by atoms with Gasteiger partial charge in [-0.05, 0) is 37.8 Å². The van der Waals surface area contributed by atoms with Gasteiger partial charge in [0, 0.05) is 43.0 Å². The van der Waals surface area contributed by atoms with Crippen molar-refractivity contribution < 1.29 is 13.6 Å². The van der Waals surface area contributed by atoms with E-state index in [0.29, 0.717) is 6.54 Å². The average molecular weight is 409 g/mol. The van der Waals surface area contributed by atoms with Crippen molar-refractivity contribution in [3.05, 3.63) is 89.0 Å². The summed E-state index contributed by atoms with van der Waals surface area (Å²) in [5.74, 6) is -1.82. The highest BCUT2D eigenvalue weighted by Crippen LogP contribution is 2.26. The van der Waals surface area contributed by atoms with Gasteiger partial charge in [-0.1, -0.05) is 42.0 Å². The topological polar surface area (TPSA) is 38.1 Å². The molecule has 1 atom stereocenters. The maximum absolute atomic E-state index is 13.9. The van der Waals surface area contributed by atoms with Gasteiger partial charge in [0.25, 0.3) is 0 Å². The van der Waals surface area contributed by atoms with Crippen molar-refractivity contribution in [3.8, 4) is 0 Å². The molecule has 1 saturated heterocycles. The molecule has 1 amide bonds. The molecule has 1 fully saturated rings. The SMILES string of the molecule is Cc1ccc(Cn2cncc2CC[C@@H]2CCN(Cc3cccc(F)c3F)C2=O)cc1. The first-order valence-electron chi connectivity index (χ1n) is 10.3. The van der Waals surface area contributed by atoms with E-state index in [2.05, 4.69) is 40.7 Å². The van der Waals surface area contributed by atoms with Gasteiger partial charge >= 0.3 is 0 Å². The highest BCUT2D eigenvalue weighted by atomic mass is 19.2. The second kappa shape index (κ2) is 8.78. The smallest absolute Gasteiger partial charge is 0.226 e. The first-order chi connectivity index (χ1) is 14.5. The van der Waals surface area contributed by atoms with Crippen molar-refractivity contribution >= 4 is 5.91 Å². The van der Waals surface area contributed by atoms with E-state index in [1.165, 1.54) is 23.3 Å². The lowest BCUT2D eigenvalue weighted by molar-refractivity contribution is -0.131. The van der Waals surface area contributed by atoms with Gasteiger partial charge < -0.3 is 9.47 Å². The summed E-state index contributed by atoms with van der Waals surface area (Å²) in [6.07, 6.45) is 5.89. The summed E-state index contributed by atoms with van der Waals surface area (Å²) in [6, 6.07) is 12.5. The molecular formula is C24H25F2N3O. The van der Waals surface area contributed by atoms with Crippen LogP contribution in [0.4, 0.5) is 8.78 Å². The van der Waals surface area contributed by atoms with Crippen molar-refractivity contribution in [2.75, 3.05) is 6.54 Å². The monoisotopic (exact) mass is 409 g/mol. The van der Waals surface area contributed by atoms with Crippen LogP contribution in [0.25, 0.3) is 0 Å². The largest absolute Gasteiger partial charge is 0.338 e. The van der Waals surface area contributed by atoms with Crippen LogP contribution in [-0.4, -0.2) is 26.9 Å². The molecule has 0 aliphatic carbocycles. The lowest BCUT2D eigenvalue weighted by Gasteiger charge is -2.17. The van der Waals surface area contributed by atoms with Crippen molar-refractivity contribution in [2.24, 2.45) is 5.92 Å².